The molecule has 0 atom stereocenters. The predicted molar refractivity (Wildman–Crippen MR) is 123 cm³/mol. The van der Waals surface area contributed by atoms with Crippen LogP contribution in [0.15, 0.2) is 82.4 Å². The molecule has 0 spiro atoms. The third-order valence-electron chi connectivity index (χ3n) is 4.66. The van der Waals surface area contributed by atoms with Crippen molar-refractivity contribution in [1.82, 2.24) is 10.2 Å². The Kier molecular flexibility index (Phi) is 6.72. The minimum absolute atomic E-state index is 0.148. The van der Waals surface area contributed by atoms with Gasteiger partial charge in [0.05, 0.1) is 19.8 Å². The maximum atomic E-state index is 12.4. The SMILES string of the molecule is COc1ccc(-c2nnc(SCc3ccc(C(=O)Nc4ccccc4)cc3)o2)c(OC)c1. The molecule has 1 amide bonds. The van der Waals surface area contributed by atoms with E-state index in [1.807, 2.05) is 54.6 Å². The van der Waals surface area contributed by atoms with E-state index >= 15 is 0 Å². The van der Waals surface area contributed by atoms with Gasteiger partial charge in [0.2, 0.25) is 0 Å². The Balaban J connectivity index is 1.37. The number of amides is 1. The number of benzene rings is 3. The summed E-state index contributed by atoms with van der Waals surface area (Å²) in [6.45, 7) is 0. The fraction of sp³-hybridized carbons (Fsp3) is 0.125. The van der Waals surface area contributed by atoms with Crippen molar-refractivity contribution in [1.29, 1.82) is 0 Å². The molecule has 1 heterocycles. The predicted octanol–water partition coefficient (Wildman–Crippen LogP) is 5.30. The quantitative estimate of drug-likeness (QED) is 0.367. The third-order valence-corrected chi connectivity index (χ3v) is 5.55. The standard InChI is InChI=1S/C24H21N3O4S/c1-29-19-12-13-20(21(14-19)30-2)23-26-27-24(31-23)32-15-16-8-10-17(11-9-16)22(28)25-18-6-4-3-5-7-18/h3-14H,15H2,1-2H3,(H,25,28). The molecule has 4 rings (SSSR count). The average molecular weight is 448 g/mol. The van der Waals surface area contributed by atoms with Gasteiger partial charge in [0.1, 0.15) is 11.5 Å². The molecule has 0 radical (unpaired) electrons. The lowest BCUT2D eigenvalue weighted by Crippen LogP contribution is -2.11. The van der Waals surface area contributed by atoms with Crippen LogP contribution in [0, 0.1) is 0 Å². The van der Waals surface area contributed by atoms with Crippen LogP contribution in [0.5, 0.6) is 11.5 Å². The van der Waals surface area contributed by atoms with E-state index in [-0.39, 0.29) is 5.91 Å². The number of nitrogens with one attached hydrogen (secondary N) is 1. The summed E-state index contributed by atoms with van der Waals surface area (Å²) in [5.74, 6) is 2.13. The summed E-state index contributed by atoms with van der Waals surface area (Å²) < 4.78 is 16.4. The molecule has 0 saturated heterocycles. The van der Waals surface area contributed by atoms with Crippen molar-refractivity contribution in [3.05, 3.63) is 83.9 Å². The van der Waals surface area contributed by atoms with E-state index in [4.69, 9.17) is 13.9 Å². The van der Waals surface area contributed by atoms with E-state index in [1.165, 1.54) is 11.8 Å². The molecule has 1 N–H and O–H groups in total. The Morgan fingerprint density at radius 1 is 0.969 bits per heavy atom. The fourth-order valence-corrected chi connectivity index (χ4v) is 3.69. The zero-order valence-electron chi connectivity index (χ0n) is 17.6. The summed E-state index contributed by atoms with van der Waals surface area (Å²) in [5, 5.41) is 11.6. The lowest BCUT2D eigenvalue weighted by Gasteiger charge is -2.07. The second-order valence-corrected chi connectivity index (χ2v) is 7.67. The molecule has 4 aromatic rings. The molecular formula is C24H21N3O4S. The number of hydrogen-bond donors (Lipinski definition) is 1. The molecule has 0 aliphatic carbocycles. The summed E-state index contributed by atoms with van der Waals surface area (Å²) in [6.07, 6.45) is 0. The molecule has 32 heavy (non-hydrogen) atoms. The summed E-state index contributed by atoms with van der Waals surface area (Å²) in [6, 6.07) is 22.2. The number of aromatic nitrogens is 2. The second-order valence-electron chi connectivity index (χ2n) is 6.75. The van der Waals surface area contributed by atoms with Crippen molar-refractivity contribution in [2.45, 2.75) is 11.0 Å². The van der Waals surface area contributed by atoms with Gasteiger partial charge in [-0.2, -0.15) is 0 Å². The summed E-state index contributed by atoms with van der Waals surface area (Å²) in [7, 11) is 3.17. The highest BCUT2D eigenvalue weighted by Gasteiger charge is 2.15. The lowest BCUT2D eigenvalue weighted by molar-refractivity contribution is 0.102. The number of carbonyl (C=O) groups excluding carboxylic acids is 1. The summed E-state index contributed by atoms with van der Waals surface area (Å²) in [5.41, 5.74) is 3.08. The number of carbonyl (C=O) groups is 1. The van der Waals surface area contributed by atoms with Crippen LogP contribution in [-0.4, -0.2) is 30.3 Å². The Morgan fingerprint density at radius 2 is 1.75 bits per heavy atom. The van der Waals surface area contributed by atoms with E-state index < -0.39 is 0 Å². The van der Waals surface area contributed by atoms with Crippen LogP contribution in [0.25, 0.3) is 11.5 Å². The zero-order chi connectivity index (χ0) is 22.3. The molecule has 1 aromatic heterocycles. The normalized spacial score (nSPS) is 10.6. The molecule has 0 fully saturated rings. The maximum absolute atomic E-state index is 12.4. The molecule has 0 aliphatic rings. The molecule has 0 bridgehead atoms. The van der Waals surface area contributed by atoms with Crippen molar-refractivity contribution in [2.24, 2.45) is 0 Å². The van der Waals surface area contributed by atoms with Gasteiger partial charge in [-0.15, -0.1) is 10.2 Å². The third kappa shape index (κ3) is 5.09. The number of para-hydroxylation sites is 1. The van der Waals surface area contributed by atoms with Crippen LogP contribution in [-0.2, 0) is 5.75 Å². The van der Waals surface area contributed by atoms with E-state index in [0.717, 1.165) is 11.3 Å². The molecule has 8 heteroatoms. The molecule has 3 aromatic carbocycles. The van der Waals surface area contributed by atoms with Gasteiger partial charge in [-0.25, -0.2) is 0 Å². The first-order chi connectivity index (χ1) is 15.7. The Morgan fingerprint density at radius 3 is 2.47 bits per heavy atom. The Labute approximate surface area is 189 Å². The van der Waals surface area contributed by atoms with Crippen molar-refractivity contribution < 1.29 is 18.7 Å². The van der Waals surface area contributed by atoms with Crippen molar-refractivity contribution in [2.75, 3.05) is 19.5 Å². The maximum Gasteiger partial charge on any atom is 0.277 e. The summed E-state index contributed by atoms with van der Waals surface area (Å²) in [4.78, 5) is 12.4. The zero-order valence-corrected chi connectivity index (χ0v) is 18.4. The highest BCUT2D eigenvalue weighted by atomic mass is 32.2. The van der Waals surface area contributed by atoms with E-state index in [9.17, 15) is 4.79 Å². The minimum atomic E-state index is -0.148. The van der Waals surface area contributed by atoms with E-state index in [1.54, 1.807) is 32.4 Å². The van der Waals surface area contributed by atoms with Gasteiger partial charge in [0.25, 0.3) is 17.0 Å². The number of ether oxygens (including phenoxy) is 2. The summed E-state index contributed by atoms with van der Waals surface area (Å²) >= 11 is 1.42. The van der Waals surface area contributed by atoms with Crippen LogP contribution >= 0.6 is 11.8 Å². The van der Waals surface area contributed by atoms with Crippen molar-refractivity contribution >= 4 is 23.4 Å². The number of rotatable bonds is 8. The number of anilines is 1. The molecular weight excluding hydrogens is 426 g/mol. The van der Waals surface area contributed by atoms with Crippen molar-refractivity contribution in [3.63, 3.8) is 0 Å². The van der Waals surface area contributed by atoms with Gasteiger partial charge in [-0.3, -0.25) is 4.79 Å². The average Bonchev–Trinajstić information content (AvgIpc) is 3.32. The van der Waals surface area contributed by atoms with Gasteiger partial charge in [-0.1, -0.05) is 42.1 Å². The smallest absolute Gasteiger partial charge is 0.277 e. The highest BCUT2D eigenvalue weighted by molar-refractivity contribution is 7.98. The molecule has 0 aliphatic heterocycles. The van der Waals surface area contributed by atoms with Gasteiger partial charge in [0.15, 0.2) is 0 Å². The number of thioether (sulfide) groups is 1. The Hall–Kier alpha value is -3.78. The van der Waals surface area contributed by atoms with Gasteiger partial charge < -0.3 is 19.2 Å². The number of nitrogens with zero attached hydrogens (tertiary/aromatic N) is 2. The van der Waals surface area contributed by atoms with Crippen LogP contribution in [0.1, 0.15) is 15.9 Å². The number of methoxy groups -OCH3 is 2. The molecule has 0 saturated carbocycles. The minimum Gasteiger partial charge on any atom is -0.497 e. The first kappa shape index (κ1) is 21.5. The first-order valence-electron chi connectivity index (χ1n) is 9.80. The fourth-order valence-electron chi connectivity index (χ4n) is 2.97. The molecule has 7 nitrogen and oxygen atoms in total. The molecule has 0 unspecified atom stereocenters. The van der Waals surface area contributed by atoms with Crippen LogP contribution in [0.2, 0.25) is 0 Å². The second kappa shape index (κ2) is 10.0. The van der Waals surface area contributed by atoms with Gasteiger partial charge >= 0.3 is 0 Å². The molecule has 162 valence electrons. The van der Waals surface area contributed by atoms with Gasteiger partial charge in [0, 0.05) is 23.1 Å². The van der Waals surface area contributed by atoms with E-state index in [0.29, 0.717) is 39.5 Å². The largest absolute Gasteiger partial charge is 0.497 e. The van der Waals surface area contributed by atoms with Crippen LogP contribution in [0.3, 0.4) is 0 Å². The van der Waals surface area contributed by atoms with Crippen LogP contribution < -0.4 is 14.8 Å². The highest BCUT2D eigenvalue weighted by Crippen LogP contribution is 2.34. The van der Waals surface area contributed by atoms with Crippen molar-refractivity contribution in [3.8, 4) is 23.0 Å². The topological polar surface area (TPSA) is 86.5 Å². The van der Waals surface area contributed by atoms with Gasteiger partial charge in [-0.05, 0) is 42.0 Å². The Bertz CT molecular complexity index is 1190. The lowest BCUT2D eigenvalue weighted by atomic mass is 10.1. The first-order valence-corrected chi connectivity index (χ1v) is 10.8. The monoisotopic (exact) mass is 447 g/mol. The van der Waals surface area contributed by atoms with Crippen LogP contribution in [0.4, 0.5) is 5.69 Å². The van der Waals surface area contributed by atoms with E-state index in [2.05, 4.69) is 15.5 Å². The number of hydrogen-bond acceptors (Lipinski definition) is 7.